The second-order valence-electron chi connectivity index (χ2n) is 4.45. The Kier molecular flexibility index (Phi) is 6.67. The molecule has 1 rings (SSSR count). The summed E-state index contributed by atoms with van der Waals surface area (Å²) in [4.78, 5) is 0.0354. The molecule has 0 atom stereocenters. The Bertz CT molecular complexity index is 602. The zero-order valence-electron chi connectivity index (χ0n) is 12.3. The minimum atomic E-state index is -3.73. The van der Waals surface area contributed by atoms with Crippen molar-refractivity contribution in [2.24, 2.45) is 5.73 Å². The number of sulfonamides is 1. The van der Waals surface area contributed by atoms with Gasteiger partial charge in [-0.1, -0.05) is 24.6 Å². The van der Waals surface area contributed by atoms with Crippen LogP contribution in [0.4, 0.5) is 0 Å². The average Bonchev–Trinajstić information content (AvgIpc) is 2.45. The molecule has 0 bridgehead atoms. The molecular weight excluding hydrogens is 312 g/mol. The van der Waals surface area contributed by atoms with Crippen LogP contribution in [0.5, 0.6) is 5.75 Å². The van der Waals surface area contributed by atoms with E-state index in [9.17, 15) is 8.42 Å². The number of rotatable bonds is 8. The summed E-state index contributed by atoms with van der Waals surface area (Å²) in [5.41, 5.74) is 6.19. The van der Waals surface area contributed by atoms with Crippen LogP contribution in [0, 0.1) is 0 Å². The van der Waals surface area contributed by atoms with E-state index in [-0.39, 0.29) is 23.7 Å². The topological polar surface area (TPSA) is 72.6 Å². The lowest BCUT2D eigenvalue weighted by atomic mass is 10.2. The lowest BCUT2D eigenvalue weighted by Crippen LogP contribution is -2.32. The molecule has 0 aliphatic rings. The van der Waals surface area contributed by atoms with Gasteiger partial charge in [-0.2, -0.15) is 4.31 Å². The number of nitrogens with zero attached hydrogens (tertiary/aromatic N) is 1. The SMILES string of the molecule is C=CCN(CCC)S(=O)(=O)c1cc(Cl)cc(CN)c1OC. The monoisotopic (exact) mass is 332 g/mol. The molecule has 1 aromatic rings. The van der Waals surface area contributed by atoms with Gasteiger partial charge in [0, 0.05) is 30.2 Å². The first-order valence-electron chi connectivity index (χ1n) is 6.59. The first kappa shape index (κ1) is 18.0. The van der Waals surface area contributed by atoms with Crippen molar-refractivity contribution in [3.05, 3.63) is 35.4 Å². The van der Waals surface area contributed by atoms with Gasteiger partial charge in [-0.25, -0.2) is 8.42 Å². The van der Waals surface area contributed by atoms with Gasteiger partial charge in [-0.15, -0.1) is 6.58 Å². The number of ether oxygens (including phenoxy) is 1. The fraction of sp³-hybridized carbons (Fsp3) is 0.429. The van der Waals surface area contributed by atoms with Gasteiger partial charge < -0.3 is 10.5 Å². The van der Waals surface area contributed by atoms with E-state index in [0.29, 0.717) is 23.6 Å². The normalized spacial score (nSPS) is 11.7. The van der Waals surface area contributed by atoms with Gasteiger partial charge in [-0.3, -0.25) is 0 Å². The van der Waals surface area contributed by atoms with E-state index in [1.165, 1.54) is 17.5 Å². The summed E-state index contributed by atoms with van der Waals surface area (Å²) in [7, 11) is -2.31. The highest BCUT2D eigenvalue weighted by molar-refractivity contribution is 7.89. The van der Waals surface area contributed by atoms with Crippen molar-refractivity contribution in [1.29, 1.82) is 0 Å². The highest BCUT2D eigenvalue weighted by atomic mass is 35.5. The third kappa shape index (κ3) is 3.97. The van der Waals surface area contributed by atoms with E-state index in [0.717, 1.165) is 0 Å². The van der Waals surface area contributed by atoms with Gasteiger partial charge in [-0.05, 0) is 18.6 Å². The highest BCUT2D eigenvalue weighted by Crippen LogP contribution is 2.33. The van der Waals surface area contributed by atoms with Gasteiger partial charge in [0.1, 0.15) is 10.6 Å². The lowest BCUT2D eigenvalue weighted by molar-refractivity contribution is 0.390. The van der Waals surface area contributed by atoms with Crippen molar-refractivity contribution in [2.45, 2.75) is 24.8 Å². The van der Waals surface area contributed by atoms with Gasteiger partial charge in [0.25, 0.3) is 0 Å². The molecule has 2 N–H and O–H groups in total. The van der Waals surface area contributed by atoms with Crippen LogP contribution in [0.25, 0.3) is 0 Å². The number of methoxy groups -OCH3 is 1. The molecule has 118 valence electrons. The second kappa shape index (κ2) is 7.79. The largest absolute Gasteiger partial charge is 0.495 e. The highest BCUT2D eigenvalue weighted by Gasteiger charge is 2.28. The van der Waals surface area contributed by atoms with Gasteiger partial charge in [0.2, 0.25) is 10.0 Å². The van der Waals surface area contributed by atoms with Crippen molar-refractivity contribution in [3.8, 4) is 5.75 Å². The number of benzene rings is 1. The Hall–Kier alpha value is -1.08. The summed E-state index contributed by atoms with van der Waals surface area (Å²) in [5, 5.41) is 0.310. The number of hydrogen-bond acceptors (Lipinski definition) is 4. The third-order valence-electron chi connectivity index (χ3n) is 2.94. The Morgan fingerprint density at radius 2 is 2.14 bits per heavy atom. The van der Waals surface area contributed by atoms with Crippen LogP contribution < -0.4 is 10.5 Å². The van der Waals surface area contributed by atoms with E-state index in [4.69, 9.17) is 22.1 Å². The summed E-state index contributed by atoms with van der Waals surface area (Å²) in [6.07, 6.45) is 2.24. The van der Waals surface area contributed by atoms with Crippen molar-refractivity contribution in [2.75, 3.05) is 20.2 Å². The molecule has 0 aliphatic heterocycles. The average molecular weight is 333 g/mol. The fourth-order valence-electron chi connectivity index (χ4n) is 2.04. The molecule has 0 fully saturated rings. The number of hydrogen-bond donors (Lipinski definition) is 1. The molecule has 0 radical (unpaired) electrons. The molecule has 0 aromatic heterocycles. The first-order valence-corrected chi connectivity index (χ1v) is 8.41. The lowest BCUT2D eigenvalue weighted by Gasteiger charge is -2.22. The van der Waals surface area contributed by atoms with Crippen molar-refractivity contribution in [3.63, 3.8) is 0 Å². The quantitative estimate of drug-likeness (QED) is 0.742. The predicted octanol–water partition coefficient (Wildman–Crippen LogP) is 2.39. The molecule has 21 heavy (non-hydrogen) atoms. The molecule has 0 amide bonds. The Balaban J connectivity index is 3.48. The molecule has 5 nitrogen and oxygen atoms in total. The van der Waals surface area contributed by atoms with Crippen molar-refractivity contribution < 1.29 is 13.2 Å². The van der Waals surface area contributed by atoms with Crippen LogP contribution in [0.2, 0.25) is 5.02 Å². The smallest absolute Gasteiger partial charge is 0.247 e. The molecule has 1 aromatic carbocycles. The van der Waals surface area contributed by atoms with Crippen LogP contribution in [0.3, 0.4) is 0 Å². The predicted molar refractivity (Wildman–Crippen MR) is 85.1 cm³/mol. The standard InChI is InChI=1S/C14H21ClN2O3S/c1-4-6-17(7-5-2)21(18,19)13-9-12(15)8-11(10-16)14(13)20-3/h4,8-9H,1,5-7,10,16H2,2-3H3. The van der Waals surface area contributed by atoms with E-state index < -0.39 is 10.0 Å². The van der Waals surface area contributed by atoms with Crippen LogP contribution in [0.1, 0.15) is 18.9 Å². The minimum Gasteiger partial charge on any atom is -0.495 e. The van der Waals surface area contributed by atoms with Crippen LogP contribution in [-0.2, 0) is 16.6 Å². The third-order valence-corrected chi connectivity index (χ3v) is 5.03. The number of nitrogens with two attached hydrogens (primary N) is 1. The van der Waals surface area contributed by atoms with E-state index in [2.05, 4.69) is 6.58 Å². The molecule has 7 heteroatoms. The second-order valence-corrected chi connectivity index (χ2v) is 6.79. The zero-order chi connectivity index (χ0) is 16.0. The summed E-state index contributed by atoms with van der Waals surface area (Å²) < 4.78 is 32.2. The zero-order valence-corrected chi connectivity index (χ0v) is 13.9. The van der Waals surface area contributed by atoms with Gasteiger partial charge in [0.15, 0.2) is 0 Å². The maximum absolute atomic E-state index is 12.8. The molecule has 0 saturated heterocycles. The minimum absolute atomic E-state index is 0.0354. The molecule has 0 spiro atoms. The van der Waals surface area contributed by atoms with Gasteiger partial charge >= 0.3 is 0 Å². The van der Waals surface area contributed by atoms with Crippen LogP contribution in [-0.4, -0.2) is 32.9 Å². The maximum Gasteiger partial charge on any atom is 0.247 e. The fourth-order valence-corrected chi connectivity index (χ4v) is 4.07. The Labute approximate surface area is 131 Å². The van der Waals surface area contributed by atoms with Gasteiger partial charge in [0.05, 0.1) is 7.11 Å². The first-order chi connectivity index (χ1) is 9.92. The van der Waals surface area contributed by atoms with Crippen molar-refractivity contribution >= 4 is 21.6 Å². The van der Waals surface area contributed by atoms with E-state index in [1.807, 2.05) is 6.92 Å². The Morgan fingerprint density at radius 3 is 2.62 bits per heavy atom. The maximum atomic E-state index is 12.8. The van der Waals surface area contributed by atoms with Crippen LogP contribution >= 0.6 is 11.6 Å². The summed E-state index contributed by atoms with van der Waals surface area (Å²) >= 11 is 6.01. The molecule has 0 aliphatic carbocycles. The van der Waals surface area contributed by atoms with Crippen molar-refractivity contribution in [1.82, 2.24) is 4.31 Å². The molecule has 0 saturated carbocycles. The van der Waals surface area contributed by atoms with E-state index in [1.54, 1.807) is 12.1 Å². The number of halogens is 1. The Morgan fingerprint density at radius 1 is 1.48 bits per heavy atom. The summed E-state index contributed by atoms with van der Waals surface area (Å²) in [6.45, 7) is 6.27. The van der Waals surface area contributed by atoms with Crippen LogP contribution in [0.15, 0.2) is 29.7 Å². The molecular formula is C14H21ClN2O3S. The van der Waals surface area contributed by atoms with E-state index >= 15 is 0 Å². The summed E-state index contributed by atoms with van der Waals surface area (Å²) in [5.74, 6) is 0.243. The molecule has 0 heterocycles. The summed E-state index contributed by atoms with van der Waals surface area (Å²) in [6, 6.07) is 3.00. The molecule has 0 unspecified atom stereocenters.